The fourth-order valence-corrected chi connectivity index (χ4v) is 3.45. The molecule has 2 atom stereocenters. The van der Waals surface area contributed by atoms with E-state index in [0.717, 1.165) is 18.9 Å². The van der Waals surface area contributed by atoms with E-state index in [1.165, 1.54) is 17.0 Å². The lowest BCUT2D eigenvalue weighted by Crippen LogP contribution is -2.41. The van der Waals surface area contributed by atoms with E-state index in [1.807, 2.05) is 0 Å². The normalized spacial score (nSPS) is 21.5. The van der Waals surface area contributed by atoms with E-state index in [4.69, 9.17) is 16.7 Å². The van der Waals surface area contributed by atoms with Gasteiger partial charge in [0.25, 0.3) is 0 Å². The van der Waals surface area contributed by atoms with Gasteiger partial charge in [0.15, 0.2) is 0 Å². The first-order chi connectivity index (χ1) is 12.2. The third-order valence-electron chi connectivity index (χ3n) is 4.85. The minimum absolute atomic E-state index is 0.0686. The van der Waals surface area contributed by atoms with E-state index in [-0.39, 0.29) is 17.5 Å². The minimum Gasteiger partial charge on any atom is -0.481 e. The summed E-state index contributed by atoms with van der Waals surface area (Å²) in [6.45, 7) is 0.418. The summed E-state index contributed by atoms with van der Waals surface area (Å²) in [4.78, 5) is 24.9. The summed E-state index contributed by atoms with van der Waals surface area (Å²) in [6, 6.07) is 2.66. The zero-order valence-electron chi connectivity index (χ0n) is 13.7. The molecule has 0 aromatic heterocycles. The van der Waals surface area contributed by atoms with Crippen LogP contribution >= 0.6 is 11.6 Å². The van der Waals surface area contributed by atoms with Gasteiger partial charge in [0.1, 0.15) is 0 Å². The van der Waals surface area contributed by atoms with Gasteiger partial charge in [-0.05, 0) is 42.9 Å². The number of rotatable bonds is 4. The second-order valence-corrected chi connectivity index (χ2v) is 7.18. The van der Waals surface area contributed by atoms with Crippen LogP contribution in [0.2, 0.25) is 5.02 Å². The van der Waals surface area contributed by atoms with Gasteiger partial charge in [0, 0.05) is 13.1 Å². The number of carbonyl (C=O) groups is 2. The Morgan fingerprint density at radius 2 is 1.96 bits per heavy atom. The first kappa shape index (κ1) is 18.8. The topological polar surface area (TPSA) is 69.6 Å². The number of halogens is 4. The van der Waals surface area contributed by atoms with Gasteiger partial charge in [-0.3, -0.25) is 4.79 Å². The summed E-state index contributed by atoms with van der Waals surface area (Å²) >= 11 is 5.66. The van der Waals surface area contributed by atoms with Crippen molar-refractivity contribution in [1.29, 1.82) is 0 Å². The summed E-state index contributed by atoms with van der Waals surface area (Å²) in [5, 5.41) is 11.4. The zero-order valence-corrected chi connectivity index (χ0v) is 14.5. The molecule has 1 saturated carbocycles. The van der Waals surface area contributed by atoms with Gasteiger partial charge >= 0.3 is 18.2 Å². The Morgan fingerprint density at radius 3 is 2.50 bits per heavy atom. The van der Waals surface area contributed by atoms with Gasteiger partial charge < -0.3 is 15.3 Å². The van der Waals surface area contributed by atoms with Crippen molar-refractivity contribution in [3.63, 3.8) is 0 Å². The molecular weight excluding hydrogens is 373 g/mol. The Labute approximate surface area is 153 Å². The first-order valence-corrected chi connectivity index (χ1v) is 8.69. The van der Waals surface area contributed by atoms with Crippen molar-refractivity contribution in [3.05, 3.63) is 34.3 Å². The zero-order chi connectivity index (χ0) is 19.1. The summed E-state index contributed by atoms with van der Waals surface area (Å²) in [7, 11) is 0. The summed E-state index contributed by atoms with van der Waals surface area (Å²) in [5.41, 5.74) is -0.574. The van der Waals surface area contributed by atoms with Crippen LogP contribution in [0, 0.1) is 11.8 Å². The largest absolute Gasteiger partial charge is 0.481 e. The molecule has 5 nitrogen and oxygen atoms in total. The number of carbonyl (C=O) groups excluding carboxylic acids is 1. The van der Waals surface area contributed by atoms with Crippen LogP contribution in [0.15, 0.2) is 18.2 Å². The molecule has 1 aromatic carbocycles. The maximum atomic E-state index is 13.1. The van der Waals surface area contributed by atoms with E-state index >= 15 is 0 Å². The molecule has 26 heavy (non-hydrogen) atoms. The Balaban J connectivity index is 1.76. The molecule has 2 fully saturated rings. The molecule has 0 bridgehead atoms. The van der Waals surface area contributed by atoms with Crippen LogP contribution in [0.25, 0.3) is 0 Å². The molecule has 1 aromatic rings. The van der Waals surface area contributed by atoms with Crippen molar-refractivity contribution in [1.82, 2.24) is 10.2 Å². The average Bonchev–Trinajstić information content (AvgIpc) is 3.26. The van der Waals surface area contributed by atoms with Crippen LogP contribution in [0.5, 0.6) is 0 Å². The van der Waals surface area contributed by atoms with E-state index in [1.54, 1.807) is 0 Å². The van der Waals surface area contributed by atoms with Crippen molar-refractivity contribution >= 4 is 23.6 Å². The number of nitrogens with zero attached hydrogens (tertiary/aromatic N) is 1. The van der Waals surface area contributed by atoms with Gasteiger partial charge in [0.2, 0.25) is 0 Å². The molecule has 1 saturated heterocycles. The van der Waals surface area contributed by atoms with E-state index in [9.17, 15) is 22.8 Å². The number of carboxylic acid groups (broad SMARTS) is 1. The van der Waals surface area contributed by atoms with Crippen LogP contribution in [-0.2, 0) is 11.0 Å². The molecule has 2 amide bonds. The average molecular weight is 391 g/mol. The lowest BCUT2D eigenvalue weighted by atomic mass is 10.00. The highest BCUT2D eigenvalue weighted by Crippen LogP contribution is 2.43. The highest BCUT2D eigenvalue weighted by Gasteiger charge is 2.39. The lowest BCUT2D eigenvalue weighted by Gasteiger charge is -2.24. The van der Waals surface area contributed by atoms with Crippen LogP contribution < -0.4 is 5.32 Å². The van der Waals surface area contributed by atoms with Gasteiger partial charge in [-0.2, -0.15) is 13.2 Å². The number of hydrogen-bond donors (Lipinski definition) is 2. The highest BCUT2D eigenvalue weighted by atomic mass is 35.5. The van der Waals surface area contributed by atoms with Crippen LogP contribution in [0.4, 0.5) is 18.0 Å². The summed E-state index contributed by atoms with van der Waals surface area (Å²) in [5.74, 6) is -1.49. The Morgan fingerprint density at radius 1 is 1.27 bits per heavy atom. The standard InChI is InChI=1S/C17H18ClF3N2O3/c18-13-4-3-10(7-12(13)17(19,20)21)14(9-1-2-9)22-16(26)23-6-5-11(8-23)15(24)25/h3-4,7,9,11,14H,1-2,5-6,8H2,(H,22,26)(H,24,25). The Hall–Kier alpha value is -1.96. The summed E-state index contributed by atoms with van der Waals surface area (Å²) < 4.78 is 39.3. The van der Waals surface area contributed by atoms with E-state index < -0.39 is 35.7 Å². The lowest BCUT2D eigenvalue weighted by molar-refractivity contribution is -0.141. The summed E-state index contributed by atoms with van der Waals surface area (Å²) in [6.07, 6.45) is -2.58. The van der Waals surface area contributed by atoms with Crippen molar-refractivity contribution in [2.45, 2.75) is 31.5 Å². The number of benzene rings is 1. The number of alkyl halides is 3. The molecule has 1 aliphatic carbocycles. The maximum absolute atomic E-state index is 13.1. The van der Waals surface area contributed by atoms with Gasteiger partial charge in [-0.1, -0.05) is 17.7 Å². The molecular formula is C17H18ClF3N2O3. The SMILES string of the molecule is O=C(O)C1CCN(C(=O)NC(c2ccc(Cl)c(C(F)(F)F)c2)C2CC2)C1. The number of carboxylic acids is 1. The third-order valence-corrected chi connectivity index (χ3v) is 5.18. The fraction of sp³-hybridized carbons (Fsp3) is 0.529. The fourth-order valence-electron chi connectivity index (χ4n) is 3.23. The first-order valence-electron chi connectivity index (χ1n) is 8.31. The Bertz CT molecular complexity index is 722. The number of likely N-dealkylation sites (tertiary alicyclic amines) is 1. The van der Waals surface area contributed by atoms with Crippen molar-refractivity contribution < 1.29 is 27.9 Å². The molecule has 9 heteroatoms. The monoisotopic (exact) mass is 390 g/mol. The molecule has 0 spiro atoms. The van der Waals surface area contributed by atoms with Gasteiger partial charge in [0.05, 0.1) is 22.5 Å². The molecule has 2 unspecified atom stereocenters. The van der Waals surface area contributed by atoms with Crippen molar-refractivity contribution in [2.75, 3.05) is 13.1 Å². The number of hydrogen-bond acceptors (Lipinski definition) is 2. The maximum Gasteiger partial charge on any atom is 0.417 e. The highest BCUT2D eigenvalue weighted by molar-refractivity contribution is 6.31. The predicted molar refractivity (Wildman–Crippen MR) is 87.8 cm³/mol. The molecule has 0 radical (unpaired) electrons. The predicted octanol–water partition coefficient (Wildman–Crippen LogP) is 3.93. The molecule has 142 valence electrons. The molecule has 2 aliphatic rings. The second-order valence-electron chi connectivity index (χ2n) is 6.77. The van der Waals surface area contributed by atoms with Crippen LogP contribution in [-0.4, -0.2) is 35.1 Å². The minimum atomic E-state index is -4.57. The number of urea groups is 1. The molecule has 2 N–H and O–H groups in total. The second kappa shape index (κ2) is 6.98. The Kier molecular flexibility index (Phi) is 5.05. The van der Waals surface area contributed by atoms with Crippen molar-refractivity contribution in [3.8, 4) is 0 Å². The number of amides is 2. The van der Waals surface area contributed by atoms with Crippen LogP contribution in [0.3, 0.4) is 0 Å². The van der Waals surface area contributed by atoms with Crippen molar-refractivity contribution in [2.24, 2.45) is 11.8 Å². The van der Waals surface area contributed by atoms with Crippen LogP contribution in [0.1, 0.15) is 36.4 Å². The van der Waals surface area contributed by atoms with Gasteiger partial charge in [-0.15, -0.1) is 0 Å². The molecule has 3 rings (SSSR count). The van der Waals surface area contributed by atoms with E-state index in [0.29, 0.717) is 18.5 Å². The van der Waals surface area contributed by atoms with Gasteiger partial charge in [-0.25, -0.2) is 4.79 Å². The number of nitrogens with one attached hydrogen (secondary N) is 1. The molecule has 1 heterocycles. The van der Waals surface area contributed by atoms with E-state index in [2.05, 4.69) is 5.32 Å². The smallest absolute Gasteiger partial charge is 0.417 e. The number of aliphatic carboxylic acids is 1. The molecule has 1 aliphatic heterocycles. The third kappa shape index (κ3) is 4.06. The quantitative estimate of drug-likeness (QED) is 0.818.